The number of aliphatic carboxylic acids is 1. The lowest BCUT2D eigenvalue weighted by Gasteiger charge is -2.16. The summed E-state index contributed by atoms with van der Waals surface area (Å²) < 4.78 is 0. The largest absolute Gasteiger partial charge is 0.481 e. The number of allylic oxidation sites excluding steroid dienone is 3. The third kappa shape index (κ3) is 3.91. The van der Waals surface area contributed by atoms with E-state index in [2.05, 4.69) is 6.58 Å². The Bertz CT molecular complexity index is 404. The number of carbonyl (C=O) groups is 1. The molecule has 2 nitrogen and oxygen atoms in total. The molecule has 0 spiro atoms. The third-order valence-corrected chi connectivity index (χ3v) is 2.66. The van der Waals surface area contributed by atoms with Crippen LogP contribution in [0.15, 0.2) is 54.6 Å². The van der Waals surface area contributed by atoms with Crippen LogP contribution in [-0.4, -0.2) is 11.1 Å². The van der Waals surface area contributed by atoms with Gasteiger partial charge in [0, 0.05) is 5.92 Å². The van der Waals surface area contributed by atoms with Gasteiger partial charge in [-0.05, 0) is 17.6 Å². The summed E-state index contributed by atoms with van der Waals surface area (Å²) in [5.74, 6) is -0.895. The van der Waals surface area contributed by atoms with E-state index < -0.39 is 5.97 Å². The number of benzene rings is 1. The molecular formula is C15H18O2. The van der Waals surface area contributed by atoms with Gasteiger partial charge >= 0.3 is 5.97 Å². The average molecular weight is 230 g/mol. The highest BCUT2D eigenvalue weighted by atomic mass is 16.4. The number of hydrogen-bond donors (Lipinski definition) is 1. The summed E-state index contributed by atoms with van der Waals surface area (Å²) in [6.07, 6.45) is 4.77. The molecule has 1 atom stereocenters. The molecule has 0 aromatic heterocycles. The Morgan fingerprint density at radius 1 is 1.41 bits per heavy atom. The van der Waals surface area contributed by atoms with Gasteiger partial charge in [-0.2, -0.15) is 0 Å². The third-order valence-electron chi connectivity index (χ3n) is 2.66. The molecule has 0 bridgehead atoms. The fraction of sp³-hybridized carbons (Fsp3) is 0.267. The quantitative estimate of drug-likeness (QED) is 0.755. The van der Waals surface area contributed by atoms with E-state index in [1.807, 2.05) is 43.3 Å². The van der Waals surface area contributed by atoms with E-state index in [4.69, 9.17) is 5.11 Å². The van der Waals surface area contributed by atoms with E-state index in [-0.39, 0.29) is 12.3 Å². The van der Waals surface area contributed by atoms with Crippen molar-refractivity contribution in [2.24, 2.45) is 0 Å². The van der Waals surface area contributed by atoms with Gasteiger partial charge in [0.2, 0.25) is 0 Å². The van der Waals surface area contributed by atoms with Crippen molar-refractivity contribution in [1.82, 2.24) is 0 Å². The number of rotatable bonds is 6. The van der Waals surface area contributed by atoms with Gasteiger partial charge in [-0.25, -0.2) is 0 Å². The van der Waals surface area contributed by atoms with Crippen LogP contribution in [0.1, 0.15) is 31.2 Å². The second-order valence-electron chi connectivity index (χ2n) is 3.88. The van der Waals surface area contributed by atoms with Gasteiger partial charge in [0.1, 0.15) is 0 Å². The molecule has 2 heteroatoms. The van der Waals surface area contributed by atoms with Gasteiger partial charge in [-0.3, -0.25) is 4.79 Å². The van der Waals surface area contributed by atoms with Crippen molar-refractivity contribution in [1.29, 1.82) is 0 Å². The Balaban J connectivity index is 3.07. The van der Waals surface area contributed by atoms with Crippen LogP contribution in [0, 0.1) is 0 Å². The van der Waals surface area contributed by atoms with E-state index in [1.165, 1.54) is 0 Å². The van der Waals surface area contributed by atoms with Gasteiger partial charge in [-0.1, -0.05) is 56.0 Å². The summed E-state index contributed by atoms with van der Waals surface area (Å²) in [6.45, 7) is 5.81. The molecule has 90 valence electrons. The molecule has 0 fully saturated rings. The first-order valence-electron chi connectivity index (χ1n) is 5.78. The molecule has 0 saturated carbocycles. The normalized spacial score (nSPS) is 13.1. The fourth-order valence-electron chi connectivity index (χ4n) is 1.89. The summed E-state index contributed by atoms with van der Waals surface area (Å²) in [5.41, 5.74) is 2.01. The maximum atomic E-state index is 10.9. The van der Waals surface area contributed by atoms with E-state index in [9.17, 15) is 4.79 Å². The first-order valence-corrected chi connectivity index (χ1v) is 5.78. The highest BCUT2D eigenvalue weighted by Gasteiger charge is 2.17. The van der Waals surface area contributed by atoms with E-state index >= 15 is 0 Å². The Hall–Kier alpha value is -1.83. The molecule has 0 saturated heterocycles. The van der Waals surface area contributed by atoms with Crippen molar-refractivity contribution in [3.8, 4) is 0 Å². The fourth-order valence-corrected chi connectivity index (χ4v) is 1.89. The summed E-state index contributed by atoms with van der Waals surface area (Å²) in [5, 5.41) is 9.00. The SMILES string of the molecule is C=C/C(=C\CC)C(CC(=O)O)c1ccccc1. The Labute approximate surface area is 102 Å². The molecule has 0 aliphatic rings. The highest BCUT2D eigenvalue weighted by Crippen LogP contribution is 2.28. The predicted molar refractivity (Wildman–Crippen MR) is 70.0 cm³/mol. The topological polar surface area (TPSA) is 37.3 Å². The van der Waals surface area contributed by atoms with Crippen molar-refractivity contribution in [2.45, 2.75) is 25.7 Å². The smallest absolute Gasteiger partial charge is 0.304 e. The van der Waals surface area contributed by atoms with Gasteiger partial charge in [-0.15, -0.1) is 0 Å². The molecule has 0 heterocycles. The maximum absolute atomic E-state index is 10.9. The van der Waals surface area contributed by atoms with Crippen molar-refractivity contribution in [3.05, 3.63) is 60.2 Å². The zero-order valence-corrected chi connectivity index (χ0v) is 10.1. The minimum absolute atomic E-state index is 0.0991. The molecule has 1 unspecified atom stereocenters. The van der Waals surface area contributed by atoms with Crippen LogP contribution in [0.2, 0.25) is 0 Å². The van der Waals surface area contributed by atoms with Crippen LogP contribution in [0.3, 0.4) is 0 Å². The maximum Gasteiger partial charge on any atom is 0.304 e. The van der Waals surface area contributed by atoms with Crippen LogP contribution in [-0.2, 0) is 4.79 Å². The number of carboxylic acid groups (broad SMARTS) is 1. The van der Waals surface area contributed by atoms with Crippen LogP contribution in [0.25, 0.3) is 0 Å². The zero-order chi connectivity index (χ0) is 12.7. The molecule has 0 aliphatic heterocycles. The first-order chi connectivity index (χ1) is 8.19. The number of hydrogen-bond acceptors (Lipinski definition) is 1. The van der Waals surface area contributed by atoms with Crippen molar-refractivity contribution in [2.75, 3.05) is 0 Å². The second-order valence-corrected chi connectivity index (χ2v) is 3.88. The molecule has 1 rings (SSSR count). The lowest BCUT2D eigenvalue weighted by molar-refractivity contribution is -0.137. The molecule has 0 radical (unpaired) electrons. The first kappa shape index (κ1) is 13.2. The average Bonchev–Trinajstić information content (AvgIpc) is 2.34. The van der Waals surface area contributed by atoms with E-state index in [1.54, 1.807) is 6.08 Å². The van der Waals surface area contributed by atoms with E-state index in [0.717, 1.165) is 17.6 Å². The van der Waals surface area contributed by atoms with Gasteiger partial charge in [0.05, 0.1) is 6.42 Å². The number of carboxylic acids is 1. The summed E-state index contributed by atoms with van der Waals surface area (Å²) >= 11 is 0. The molecule has 0 amide bonds. The second kappa shape index (κ2) is 6.69. The molecule has 1 N–H and O–H groups in total. The Kier molecular flexibility index (Phi) is 5.21. The van der Waals surface area contributed by atoms with Crippen molar-refractivity contribution in [3.63, 3.8) is 0 Å². The van der Waals surface area contributed by atoms with Gasteiger partial charge in [0.25, 0.3) is 0 Å². The highest BCUT2D eigenvalue weighted by molar-refractivity contribution is 5.69. The van der Waals surface area contributed by atoms with Gasteiger partial charge < -0.3 is 5.11 Å². The Morgan fingerprint density at radius 3 is 2.53 bits per heavy atom. The summed E-state index contributed by atoms with van der Waals surface area (Å²) in [7, 11) is 0. The monoisotopic (exact) mass is 230 g/mol. The van der Waals surface area contributed by atoms with Crippen LogP contribution in [0.5, 0.6) is 0 Å². The van der Waals surface area contributed by atoms with Crippen LogP contribution >= 0.6 is 0 Å². The Morgan fingerprint density at radius 2 is 2.06 bits per heavy atom. The minimum atomic E-state index is -0.789. The molecule has 1 aromatic carbocycles. The molecule has 1 aromatic rings. The van der Waals surface area contributed by atoms with Crippen LogP contribution in [0.4, 0.5) is 0 Å². The van der Waals surface area contributed by atoms with Crippen molar-refractivity contribution >= 4 is 5.97 Å². The molecular weight excluding hydrogens is 212 g/mol. The summed E-state index contributed by atoms with van der Waals surface area (Å²) in [4.78, 5) is 10.9. The van der Waals surface area contributed by atoms with Crippen molar-refractivity contribution < 1.29 is 9.90 Å². The zero-order valence-electron chi connectivity index (χ0n) is 10.1. The summed E-state index contributed by atoms with van der Waals surface area (Å²) in [6, 6.07) is 9.70. The molecule has 17 heavy (non-hydrogen) atoms. The molecule has 0 aliphatic carbocycles. The lowest BCUT2D eigenvalue weighted by atomic mass is 9.87. The standard InChI is InChI=1S/C15H18O2/c1-3-8-12(4-2)14(11-15(16)17)13-9-6-5-7-10-13/h4-10,14H,2-3,11H2,1H3,(H,16,17)/b12-8+. The minimum Gasteiger partial charge on any atom is -0.481 e. The van der Waals surface area contributed by atoms with Crippen LogP contribution < -0.4 is 0 Å². The van der Waals surface area contributed by atoms with Gasteiger partial charge in [0.15, 0.2) is 0 Å². The lowest BCUT2D eigenvalue weighted by Crippen LogP contribution is -2.08. The van der Waals surface area contributed by atoms with E-state index in [0.29, 0.717) is 0 Å². The predicted octanol–water partition coefficient (Wildman–Crippen LogP) is 3.77.